The maximum absolute atomic E-state index is 12.2. The van der Waals surface area contributed by atoms with Crippen LogP contribution in [0.2, 0.25) is 0 Å². The smallest absolute Gasteiger partial charge is 0.306 e. The minimum Gasteiger partial charge on any atom is -1.00 e. The predicted molar refractivity (Wildman–Crippen MR) is 118 cm³/mol. The van der Waals surface area contributed by atoms with Crippen LogP contribution in [-0.2, 0) is 4.79 Å². The van der Waals surface area contributed by atoms with Crippen LogP contribution in [0.5, 0.6) is 0 Å². The number of Topliss-reactive ketones (excluding diaryl/α,β-unsaturated/α-hetero) is 1. The number of carboxylic acid groups (broad SMARTS) is 1. The van der Waals surface area contributed by atoms with Gasteiger partial charge in [0.2, 0.25) is 0 Å². The summed E-state index contributed by atoms with van der Waals surface area (Å²) in [6, 6.07) is 9.00. The van der Waals surface area contributed by atoms with Crippen LogP contribution in [0.15, 0.2) is 30.3 Å². The van der Waals surface area contributed by atoms with E-state index in [2.05, 4.69) is 6.92 Å². The van der Waals surface area contributed by atoms with Crippen molar-refractivity contribution in [3.05, 3.63) is 35.9 Å². The average Bonchev–Trinajstić information content (AvgIpc) is 2.68. The van der Waals surface area contributed by atoms with Crippen molar-refractivity contribution in [2.75, 3.05) is 0 Å². The van der Waals surface area contributed by atoms with Crippen LogP contribution in [0, 0.1) is 5.92 Å². The second-order valence-corrected chi connectivity index (χ2v) is 7.71. The highest BCUT2D eigenvalue weighted by Crippen LogP contribution is 2.19. The molecule has 5 N–H and O–H groups in total. The van der Waals surface area contributed by atoms with Crippen molar-refractivity contribution in [2.45, 2.75) is 96.8 Å². The van der Waals surface area contributed by atoms with Crippen LogP contribution in [0.1, 0.15) is 107 Å². The Morgan fingerprint density at radius 1 is 0.793 bits per heavy atom. The first kappa shape index (κ1) is 29.8. The van der Waals surface area contributed by atoms with E-state index in [0.717, 1.165) is 12.8 Å². The fourth-order valence-electron chi connectivity index (χ4n) is 3.51. The zero-order chi connectivity index (χ0) is 19.7. The van der Waals surface area contributed by atoms with Crippen LogP contribution in [0.3, 0.4) is 0 Å². The van der Waals surface area contributed by atoms with Gasteiger partial charge in [0.25, 0.3) is 0 Å². The second kappa shape index (κ2) is 19.9. The molecule has 1 atom stereocenters. The van der Waals surface area contributed by atoms with Crippen LogP contribution < -0.4 is 18.6 Å². The number of ketones is 1. The van der Waals surface area contributed by atoms with E-state index in [-0.39, 0.29) is 30.8 Å². The Morgan fingerprint density at radius 2 is 1.24 bits per heavy atom. The van der Waals surface area contributed by atoms with Gasteiger partial charge in [-0.2, -0.15) is 0 Å². The lowest BCUT2D eigenvalue weighted by molar-refractivity contribution is -0.141. The van der Waals surface area contributed by atoms with Crippen molar-refractivity contribution < 1.29 is 27.1 Å². The van der Waals surface area contributed by atoms with Crippen LogP contribution in [0.25, 0.3) is 0 Å². The van der Waals surface area contributed by atoms with Crippen LogP contribution in [-0.4, -0.2) is 16.9 Å². The molecule has 0 amide bonds. The number of quaternary nitrogens is 1. The Bertz CT molecular complexity index is 522. The molecule has 1 unspecified atom stereocenters. The van der Waals surface area contributed by atoms with Gasteiger partial charge in [-0.1, -0.05) is 114 Å². The van der Waals surface area contributed by atoms with Crippen molar-refractivity contribution in [1.82, 2.24) is 6.15 Å². The van der Waals surface area contributed by atoms with Crippen molar-refractivity contribution >= 4 is 11.8 Å². The SMILES string of the molecule is CCCCCCCCCCCCCCC(CC(=O)c1ccccc1)C(=O)O.[Cl-].[NH4+]. The maximum Gasteiger partial charge on any atom is 0.306 e. The van der Waals surface area contributed by atoms with E-state index in [1.165, 1.54) is 64.2 Å². The summed E-state index contributed by atoms with van der Waals surface area (Å²) in [5.41, 5.74) is 0.610. The Kier molecular flexibility index (Phi) is 20.5. The minimum absolute atomic E-state index is 0. The lowest BCUT2D eigenvalue weighted by Gasteiger charge is -2.11. The van der Waals surface area contributed by atoms with E-state index in [4.69, 9.17) is 0 Å². The number of halogens is 1. The standard InChI is InChI=1S/C24H38O3.ClH.H3N/c1-2-3-4-5-6-7-8-9-10-11-12-14-19-22(24(26)27)20-23(25)21-17-15-13-16-18-21;;/h13,15-18,22H,2-12,14,19-20H2,1H3,(H,26,27);1H;1H3. The average molecular weight is 428 g/mol. The van der Waals surface area contributed by atoms with Gasteiger partial charge in [-0.15, -0.1) is 0 Å². The van der Waals surface area contributed by atoms with Crippen LogP contribution >= 0.6 is 0 Å². The van der Waals surface area contributed by atoms with E-state index in [1.807, 2.05) is 18.2 Å². The molecule has 0 radical (unpaired) electrons. The second-order valence-electron chi connectivity index (χ2n) is 7.71. The van der Waals surface area contributed by atoms with Gasteiger partial charge < -0.3 is 23.7 Å². The highest BCUT2D eigenvalue weighted by molar-refractivity contribution is 5.97. The molecule has 1 rings (SSSR count). The normalized spacial score (nSPS) is 11.2. The van der Waals surface area contributed by atoms with Gasteiger partial charge in [0.15, 0.2) is 5.78 Å². The molecule has 168 valence electrons. The molecule has 0 fully saturated rings. The summed E-state index contributed by atoms with van der Waals surface area (Å²) in [6.07, 6.45) is 15.9. The van der Waals surface area contributed by atoms with Gasteiger partial charge in [0.05, 0.1) is 5.92 Å². The summed E-state index contributed by atoms with van der Waals surface area (Å²) in [5.74, 6) is -1.47. The molecule has 0 saturated heterocycles. The van der Waals surface area contributed by atoms with Crippen molar-refractivity contribution in [3.8, 4) is 0 Å². The van der Waals surface area contributed by atoms with Gasteiger partial charge >= 0.3 is 5.97 Å². The number of carboxylic acids is 1. The Hall–Kier alpha value is -1.39. The van der Waals surface area contributed by atoms with Gasteiger partial charge in [0, 0.05) is 12.0 Å². The van der Waals surface area contributed by atoms with Gasteiger partial charge in [0.1, 0.15) is 0 Å². The first-order valence-electron chi connectivity index (χ1n) is 11.0. The highest BCUT2D eigenvalue weighted by atomic mass is 35.5. The van der Waals surface area contributed by atoms with Crippen molar-refractivity contribution in [3.63, 3.8) is 0 Å². The van der Waals surface area contributed by atoms with Crippen molar-refractivity contribution in [1.29, 1.82) is 0 Å². The predicted octanol–water partition coefficient (Wildman–Crippen LogP) is 4.43. The first-order chi connectivity index (χ1) is 13.1. The molecule has 0 aliphatic heterocycles. The molecule has 4 nitrogen and oxygen atoms in total. The Labute approximate surface area is 183 Å². The zero-order valence-electron chi connectivity index (χ0n) is 18.5. The van der Waals surface area contributed by atoms with E-state index in [9.17, 15) is 14.7 Å². The molecule has 5 heteroatoms. The molecule has 1 aromatic carbocycles. The lowest BCUT2D eigenvalue weighted by Crippen LogP contribution is -3.00. The summed E-state index contributed by atoms with van der Waals surface area (Å²) in [5, 5.41) is 9.39. The Morgan fingerprint density at radius 3 is 1.69 bits per heavy atom. The first-order valence-corrected chi connectivity index (χ1v) is 11.0. The summed E-state index contributed by atoms with van der Waals surface area (Å²) in [7, 11) is 0. The lowest BCUT2D eigenvalue weighted by atomic mass is 9.93. The number of hydrogen-bond acceptors (Lipinski definition) is 2. The highest BCUT2D eigenvalue weighted by Gasteiger charge is 2.21. The zero-order valence-corrected chi connectivity index (χ0v) is 19.3. The molecule has 0 saturated carbocycles. The number of carbonyl (C=O) groups excluding carboxylic acids is 1. The maximum atomic E-state index is 12.2. The number of hydrogen-bond donors (Lipinski definition) is 2. The molecule has 0 bridgehead atoms. The third-order valence-corrected chi connectivity index (χ3v) is 5.28. The summed E-state index contributed by atoms with van der Waals surface area (Å²) in [4.78, 5) is 23.7. The molecule has 29 heavy (non-hydrogen) atoms. The minimum atomic E-state index is -0.845. The summed E-state index contributed by atoms with van der Waals surface area (Å²) >= 11 is 0. The van der Waals surface area contributed by atoms with E-state index < -0.39 is 11.9 Å². The summed E-state index contributed by atoms with van der Waals surface area (Å²) in [6.45, 7) is 2.25. The Balaban J connectivity index is 0. The van der Waals surface area contributed by atoms with Crippen LogP contribution in [0.4, 0.5) is 0 Å². The van der Waals surface area contributed by atoms with E-state index >= 15 is 0 Å². The van der Waals surface area contributed by atoms with Gasteiger partial charge in [-0.25, -0.2) is 0 Å². The number of unbranched alkanes of at least 4 members (excludes halogenated alkanes) is 11. The fourth-order valence-corrected chi connectivity index (χ4v) is 3.51. The van der Waals surface area contributed by atoms with E-state index in [0.29, 0.717) is 12.0 Å². The number of rotatable bonds is 17. The molecule has 0 spiro atoms. The number of aliphatic carboxylic acids is 1. The van der Waals surface area contributed by atoms with E-state index in [1.54, 1.807) is 12.1 Å². The van der Waals surface area contributed by atoms with Gasteiger partial charge in [-0.05, 0) is 6.42 Å². The topological polar surface area (TPSA) is 90.9 Å². The molecule has 0 aliphatic rings. The molecular weight excluding hydrogens is 386 g/mol. The number of benzene rings is 1. The van der Waals surface area contributed by atoms with Crippen molar-refractivity contribution in [2.24, 2.45) is 5.92 Å². The third kappa shape index (κ3) is 15.2. The third-order valence-electron chi connectivity index (χ3n) is 5.28. The molecule has 0 aromatic heterocycles. The van der Waals surface area contributed by atoms with Gasteiger partial charge in [-0.3, -0.25) is 9.59 Å². The molecule has 0 aliphatic carbocycles. The summed E-state index contributed by atoms with van der Waals surface area (Å²) < 4.78 is 0. The largest absolute Gasteiger partial charge is 1.00 e. The molecular formula is C24H42ClNO3. The molecule has 1 aromatic rings. The molecule has 0 heterocycles. The number of carbonyl (C=O) groups is 2. The quantitative estimate of drug-likeness (QED) is 0.284. The fraction of sp³-hybridized carbons (Fsp3) is 0.667. The monoisotopic (exact) mass is 427 g/mol.